The summed E-state index contributed by atoms with van der Waals surface area (Å²) in [5, 5.41) is 21.2. The van der Waals surface area contributed by atoms with Crippen LogP contribution in [0.2, 0.25) is 0 Å². The summed E-state index contributed by atoms with van der Waals surface area (Å²) >= 11 is 0. The molecule has 56 heavy (non-hydrogen) atoms. The van der Waals surface area contributed by atoms with Gasteiger partial charge in [-0.05, 0) is 107 Å². The molecule has 2 atom stereocenters. The van der Waals surface area contributed by atoms with E-state index in [4.69, 9.17) is 14.1 Å². The number of anilines is 1. The molecule has 2 saturated heterocycles. The van der Waals surface area contributed by atoms with Crippen molar-refractivity contribution in [2.24, 2.45) is 5.92 Å². The van der Waals surface area contributed by atoms with Gasteiger partial charge in [0, 0.05) is 49.7 Å². The Hall–Kier alpha value is -5.54. The van der Waals surface area contributed by atoms with Crippen molar-refractivity contribution in [3.63, 3.8) is 0 Å². The van der Waals surface area contributed by atoms with Crippen LogP contribution in [0.15, 0.2) is 70.5 Å². The predicted molar refractivity (Wildman–Crippen MR) is 208 cm³/mol. The van der Waals surface area contributed by atoms with E-state index in [2.05, 4.69) is 37.9 Å². The lowest BCUT2D eigenvalue weighted by atomic mass is 9.80. The van der Waals surface area contributed by atoms with Crippen molar-refractivity contribution < 1.29 is 23.8 Å². The van der Waals surface area contributed by atoms with Crippen LogP contribution in [-0.2, 0) is 9.59 Å². The van der Waals surface area contributed by atoms with Crippen molar-refractivity contribution in [2.45, 2.75) is 95.4 Å². The number of carbonyl (C=O) groups is 2. The van der Waals surface area contributed by atoms with E-state index in [1.807, 2.05) is 48.8 Å². The van der Waals surface area contributed by atoms with Crippen LogP contribution >= 0.6 is 0 Å². The summed E-state index contributed by atoms with van der Waals surface area (Å²) in [6.07, 6.45) is 15.0. The highest BCUT2D eigenvalue weighted by Crippen LogP contribution is 2.38. The Bertz CT molecular complexity index is 2470. The highest BCUT2D eigenvalue weighted by molar-refractivity contribution is 6.00. The molecule has 1 aliphatic carbocycles. The number of oxazole rings is 1. The van der Waals surface area contributed by atoms with Crippen LogP contribution < -0.4 is 21.1 Å². The molecule has 7 heterocycles. The molecule has 0 bridgehead atoms. The maximum atomic E-state index is 12.8. The molecule has 2 aliphatic heterocycles. The molecule has 292 valence electrons. The number of aromatic nitrogens is 6. The van der Waals surface area contributed by atoms with Gasteiger partial charge in [0.2, 0.25) is 11.8 Å². The molecule has 15 nitrogen and oxygen atoms in total. The fourth-order valence-electron chi connectivity index (χ4n) is 8.95. The molecule has 0 spiro atoms. The largest absolute Gasteiger partial charge is 0.490 e. The number of piperidine rings is 2. The Kier molecular flexibility index (Phi) is 9.57. The van der Waals surface area contributed by atoms with Gasteiger partial charge in [0.15, 0.2) is 17.5 Å². The van der Waals surface area contributed by atoms with Crippen molar-refractivity contribution in [1.82, 2.24) is 38.8 Å². The Morgan fingerprint density at radius 1 is 1.02 bits per heavy atom. The third-order valence-corrected chi connectivity index (χ3v) is 11.8. The number of ether oxygens (including phenoxy) is 1. The van der Waals surface area contributed by atoms with Gasteiger partial charge in [-0.2, -0.15) is 5.10 Å². The number of hydrogen-bond donors (Lipinski definition) is 3. The Balaban J connectivity index is 0.807. The monoisotopic (exact) mass is 761 g/mol. The summed E-state index contributed by atoms with van der Waals surface area (Å²) in [4.78, 5) is 48.9. The lowest BCUT2D eigenvalue weighted by Crippen LogP contribution is -2.43. The van der Waals surface area contributed by atoms with Crippen molar-refractivity contribution in [2.75, 3.05) is 25.0 Å². The molecule has 6 aromatic rings. The van der Waals surface area contributed by atoms with Crippen LogP contribution in [0.1, 0.15) is 106 Å². The molecule has 3 aliphatic rings. The van der Waals surface area contributed by atoms with Gasteiger partial charge in [-0.15, -0.1) is 0 Å². The normalized spacial score (nSPS) is 22.0. The molecule has 15 heteroatoms. The lowest BCUT2D eigenvalue weighted by Gasteiger charge is -2.36. The van der Waals surface area contributed by atoms with E-state index in [-0.39, 0.29) is 24.9 Å². The van der Waals surface area contributed by atoms with Crippen LogP contribution in [-0.4, -0.2) is 76.1 Å². The van der Waals surface area contributed by atoms with E-state index in [9.17, 15) is 19.5 Å². The number of aliphatic hydroxyl groups excluding tert-OH is 1. The lowest BCUT2D eigenvalue weighted by molar-refractivity contribution is -0.135. The van der Waals surface area contributed by atoms with Gasteiger partial charge in [-0.1, -0.05) is 6.07 Å². The standard InChI is InChI=1S/C41H47N9O6/c1-24(2)55-34-19-36-44-31(23-48(36)22-29(34)39(52)45-30-20-43-49-15-3-14-42-38(30)49)27-6-4-25(5-7-27)21-47-16-12-26(13-17-47)28-8-9-32-35(18-28)56-41(54)50(32)33-10-11-37(51)46-40(33)53/h3,8-9,14-15,18-20,22-27,33,39,45,52H,4-7,10-13,16-17,21H2,1-2H3,(H,46,51,53). The molecular formula is C41H47N9O6. The fourth-order valence-corrected chi connectivity index (χ4v) is 8.95. The molecule has 1 aromatic carbocycles. The van der Waals surface area contributed by atoms with Crippen LogP contribution in [0, 0.1) is 5.92 Å². The third-order valence-electron chi connectivity index (χ3n) is 11.8. The van der Waals surface area contributed by atoms with Gasteiger partial charge in [0.25, 0.3) is 0 Å². The second-order valence-corrected chi connectivity index (χ2v) is 15.9. The summed E-state index contributed by atoms with van der Waals surface area (Å²) in [6, 6.07) is 8.87. The van der Waals surface area contributed by atoms with Crippen molar-refractivity contribution in [3.05, 3.63) is 88.7 Å². The van der Waals surface area contributed by atoms with Crippen LogP contribution in [0.5, 0.6) is 5.75 Å². The maximum Gasteiger partial charge on any atom is 0.420 e. The minimum absolute atomic E-state index is 0.0851. The van der Waals surface area contributed by atoms with Crippen molar-refractivity contribution in [1.29, 1.82) is 0 Å². The average molecular weight is 762 g/mol. The minimum Gasteiger partial charge on any atom is -0.490 e. The smallest absolute Gasteiger partial charge is 0.420 e. The van der Waals surface area contributed by atoms with E-state index in [1.165, 1.54) is 4.57 Å². The second-order valence-electron chi connectivity index (χ2n) is 15.9. The first-order chi connectivity index (χ1) is 27.2. The number of carbonyl (C=O) groups excluding carboxylic acids is 2. The zero-order valence-electron chi connectivity index (χ0n) is 31.6. The number of imidazole rings is 1. The number of hydrogen-bond acceptors (Lipinski definition) is 11. The molecular weight excluding hydrogens is 715 g/mol. The van der Waals surface area contributed by atoms with Crippen molar-refractivity contribution in [3.8, 4) is 5.75 Å². The van der Waals surface area contributed by atoms with Gasteiger partial charge in [-0.3, -0.25) is 19.5 Å². The third kappa shape index (κ3) is 7.05. The second kappa shape index (κ2) is 14.8. The summed E-state index contributed by atoms with van der Waals surface area (Å²) in [7, 11) is 0. The highest BCUT2D eigenvalue weighted by atomic mass is 16.5. The number of nitrogens with zero attached hydrogens (tertiary/aromatic N) is 7. The molecule has 0 radical (unpaired) electrons. The number of aliphatic hydroxyl groups is 1. The summed E-state index contributed by atoms with van der Waals surface area (Å²) in [5.41, 5.74) is 5.94. The number of rotatable bonds is 10. The number of imide groups is 1. The molecule has 3 fully saturated rings. The molecule has 3 N–H and O–H groups in total. The first kappa shape index (κ1) is 36.1. The highest BCUT2D eigenvalue weighted by Gasteiger charge is 2.32. The van der Waals surface area contributed by atoms with E-state index in [0.29, 0.717) is 51.5 Å². The number of likely N-dealkylation sites (tertiary alicyclic amines) is 1. The molecule has 5 aromatic heterocycles. The zero-order chi connectivity index (χ0) is 38.5. The summed E-state index contributed by atoms with van der Waals surface area (Å²) < 4.78 is 16.8. The first-order valence-electron chi connectivity index (χ1n) is 19.8. The van der Waals surface area contributed by atoms with E-state index in [0.717, 1.165) is 75.1 Å². The number of pyridine rings is 1. The van der Waals surface area contributed by atoms with Crippen LogP contribution in [0.25, 0.3) is 22.4 Å². The summed E-state index contributed by atoms with van der Waals surface area (Å²) in [6.45, 7) is 7.08. The predicted octanol–water partition coefficient (Wildman–Crippen LogP) is 5.31. The Labute approximate surface area is 322 Å². The van der Waals surface area contributed by atoms with Crippen LogP contribution in [0.4, 0.5) is 5.69 Å². The van der Waals surface area contributed by atoms with Gasteiger partial charge >= 0.3 is 5.76 Å². The topological polar surface area (TPSA) is 174 Å². The Morgan fingerprint density at radius 2 is 1.84 bits per heavy atom. The SMILES string of the molecule is CC(C)Oc1cc2nc(C3CCC(CN4CCC(c5ccc6c(c5)oc(=O)n6C5CCC(=O)NC5=O)CC4)CC3)cn2cc1C(O)Nc1cnn2cccnc12. The van der Waals surface area contributed by atoms with E-state index in [1.54, 1.807) is 23.0 Å². The molecule has 1 saturated carbocycles. The fraction of sp³-hybridized carbons (Fsp3) is 0.463. The minimum atomic E-state index is -1.06. The van der Waals surface area contributed by atoms with Gasteiger partial charge < -0.3 is 28.9 Å². The quantitative estimate of drug-likeness (QED) is 0.122. The summed E-state index contributed by atoms with van der Waals surface area (Å²) in [5.74, 6) is 0.629. The average Bonchev–Trinajstić information content (AvgIpc) is 3.89. The first-order valence-corrected chi connectivity index (χ1v) is 19.8. The zero-order valence-corrected chi connectivity index (χ0v) is 31.6. The van der Waals surface area contributed by atoms with Gasteiger partial charge in [0.1, 0.15) is 23.1 Å². The number of fused-ring (bicyclic) bond motifs is 3. The van der Waals surface area contributed by atoms with Gasteiger partial charge in [-0.25, -0.2) is 19.3 Å². The Morgan fingerprint density at radius 3 is 2.62 bits per heavy atom. The number of benzene rings is 1. The molecule has 2 unspecified atom stereocenters. The molecule has 2 amide bonds. The van der Waals surface area contributed by atoms with E-state index >= 15 is 0 Å². The van der Waals surface area contributed by atoms with Crippen molar-refractivity contribution >= 4 is 39.9 Å². The number of nitrogens with one attached hydrogen (secondary N) is 2. The maximum absolute atomic E-state index is 12.8. The van der Waals surface area contributed by atoms with Gasteiger partial charge in [0.05, 0.1) is 29.1 Å². The van der Waals surface area contributed by atoms with Crippen LogP contribution in [0.3, 0.4) is 0 Å². The molecule has 9 rings (SSSR count). The van der Waals surface area contributed by atoms with E-state index < -0.39 is 23.9 Å². The number of amides is 2.